The molecule has 4 rings (SSSR count). The van der Waals surface area contributed by atoms with Gasteiger partial charge in [0.25, 0.3) is 0 Å². The Morgan fingerprint density at radius 2 is 1.61 bits per heavy atom. The third-order valence-corrected chi connectivity index (χ3v) is 6.68. The Balaban J connectivity index is 1.31. The van der Waals surface area contributed by atoms with Crippen LogP contribution in [0.15, 0.2) is 36.7 Å². The molecule has 1 aromatic carbocycles. The molecule has 1 N–H and O–H groups in total. The number of rotatable bonds is 5. The molecule has 3 heterocycles. The van der Waals surface area contributed by atoms with Crippen LogP contribution in [0, 0.1) is 5.92 Å². The van der Waals surface area contributed by atoms with Crippen LogP contribution in [0.4, 0.5) is 17.3 Å². The molecule has 0 spiro atoms. The number of nitrogens with zero attached hydrogens (tertiary/aromatic N) is 4. The molecule has 9 heteroatoms. The second kappa shape index (κ2) is 10.00. The van der Waals surface area contributed by atoms with E-state index in [0.717, 1.165) is 62.2 Å². The quantitative estimate of drug-likeness (QED) is 0.709. The van der Waals surface area contributed by atoms with Gasteiger partial charge in [0.05, 0.1) is 12.7 Å². The van der Waals surface area contributed by atoms with Crippen LogP contribution in [0.5, 0.6) is 0 Å². The maximum absolute atomic E-state index is 12.7. The van der Waals surface area contributed by atoms with Crippen molar-refractivity contribution >= 4 is 41.0 Å². The number of amides is 1. The van der Waals surface area contributed by atoms with Crippen molar-refractivity contribution in [3.8, 4) is 0 Å². The van der Waals surface area contributed by atoms with Crippen molar-refractivity contribution in [2.24, 2.45) is 5.92 Å². The molecule has 0 saturated carbocycles. The average molecular weight is 442 g/mol. The number of carbonyl (C=O) groups excluding carboxylic acids is 2. The van der Waals surface area contributed by atoms with Crippen LogP contribution < -0.4 is 15.1 Å². The molecule has 0 radical (unpaired) electrons. The minimum atomic E-state index is -0.391. The molecular weight excluding hydrogens is 414 g/mol. The van der Waals surface area contributed by atoms with Crippen LogP contribution in [-0.4, -0.2) is 66.6 Å². The van der Waals surface area contributed by atoms with Gasteiger partial charge in [-0.05, 0) is 37.1 Å². The first-order chi connectivity index (χ1) is 15.1. The Kier molecular flexibility index (Phi) is 6.91. The first kappa shape index (κ1) is 21.4. The minimum Gasteiger partial charge on any atom is -0.465 e. The molecule has 1 aromatic heterocycles. The first-order valence-electron chi connectivity index (χ1n) is 10.5. The van der Waals surface area contributed by atoms with E-state index in [1.165, 1.54) is 7.11 Å². The van der Waals surface area contributed by atoms with Crippen LogP contribution in [-0.2, 0) is 9.53 Å². The van der Waals surface area contributed by atoms with E-state index in [4.69, 9.17) is 4.74 Å². The maximum Gasteiger partial charge on any atom is 0.337 e. The van der Waals surface area contributed by atoms with Crippen molar-refractivity contribution in [2.45, 2.75) is 12.8 Å². The number of ether oxygens (including phenoxy) is 1. The fraction of sp³-hybridized carbons (Fsp3) is 0.455. The Bertz CT molecular complexity index is 910. The number of nitrogens with one attached hydrogen (secondary N) is 1. The second-order valence-corrected chi connectivity index (χ2v) is 8.88. The monoisotopic (exact) mass is 441 g/mol. The molecule has 164 valence electrons. The lowest BCUT2D eigenvalue weighted by atomic mass is 9.95. The van der Waals surface area contributed by atoms with Gasteiger partial charge in [0.15, 0.2) is 0 Å². The number of esters is 1. The minimum absolute atomic E-state index is 0.0136. The predicted molar refractivity (Wildman–Crippen MR) is 123 cm³/mol. The van der Waals surface area contributed by atoms with Crippen LogP contribution >= 0.6 is 11.8 Å². The summed E-state index contributed by atoms with van der Waals surface area (Å²) < 4.78 is 4.70. The summed E-state index contributed by atoms with van der Waals surface area (Å²) in [7, 11) is 1.35. The van der Waals surface area contributed by atoms with Gasteiger partial charge in [-0.25, -0.2) is 14.8 Å². The van der Waals surface area contributed by atoms with Gasteiger partial charge in [-0.2, -0.15) is 11.8 Å². The maximum atomic E-state index is 12.7. The summed E-state index contributed by atoms with van der Waals surface area (Å²) in [5.41, 5.74) is 1.14. The summed E-state index contributed by atoms with van der Waals surface area (Å²) in [4.78, 5) is 37.7. The number of hydrogen-bond acceptors (Lipinski definition) is 8. The lowest BCUT2D eigenvalue weighted by molar-refractivity contribution is -0.120. The summed E-state index contributed by atoms with van der Waals surface area (Å²) in [6, 6.07) is 8.82. The smallest absolute Gasteiger partial charge is 0.337 e. The average Bonchev–Trinajstić information content (AvgIpc) is 2.84. The van der Waals surface area contributed by atoms with Gasteiger partial charge in [-0.15, -0.1) is 0 Å². The largest absolute Gasteiger partial charge is 0.465 e. The molecule has 0 bridgehead atoms. The zero-order valence-corrected chi connectivity index (χ0v) is 18.4. The standard InChI is InChI=1S/C22H27N5O3S/c1-30-22(29)17-2-4-18(5-3-17)25-21(28)16-6-8-26(9-7-16)19-14-20(24-15-23-19)27-10-12-31-13-11-27/h2-5,14-16H,6-13H2,1H3,(H,25,28). The molecule has 31 heavy (non-hydrogen) atoms. The number of anilines is 3. The van der Waals surface area contributed by atoms with Crippen LogP contribution in [0.3, 0.4) is 0 Å². The molecule has 2 aliphatic rings. The fourth-order valence-corrected chi connectivity index (χ4v) is 4.80. The van der Waals surface area contributed by atoms with Gasteiger partial charge in [0, 0.05) is 55.4 Å². The van der Waals surface area contributed by atoms with E-state index >= 15 is 0 Å². The highest BCUT2D eigenvalue weighted by Gasteiger charge is 2.26. The van der Waals surface area contributed by atoms with Gasteiger partial charge in [-0.3, -0.25) is 4.79 Å². The van der Waals surface area contributed by atoms with Gasteiger partial charge in [-0.1, -0.05) is 0 Å². The van der Waals surface area contributed by atoms with Crippen molar-refractivity contribution in [2.75, 3.05) is 59.9 Å². The third-order valence-electron chi connectivity index (χ3n) is 5.74. The van der Waals surface area contributed by atoms with E-state index in [1.54, 1.807) is 30.6 Å². The van der Waals surface area contributed by atoms with E-state index < -0.39 is 5.97 Å². The fourth-order valence-electron chi connectivity index (χ4n) is 3.90. The number of piperidine rings is 1. The molecule has 2 saturated heterocycles. The molecule has 1 amide bonds. The lowest BCUT2D eigenvalue weighted by Gasteiger charge is -2.33. The van der Waals surface area contributed by atoms with E-state index in [9.17, 15) is 9.59 Å². The van der Waals surface area contributed by atoms with Crippen molar-refractivity contribution in [3.63, 3.8) is 0 Å². The summed E-state index contributed by atoms with van der Waals surface area (Å²) in [6.07, 6.45) is 3.18. The van der Waals surface area contributed by atoms with Gasteiger partial charge in [0.2, 0.25) is 5.91 Å². The number of methoxy groups -OCH3 is 1. The zero-order chi connectivity index (χ0) is 21.6. The van der Waals surface area contributed by atoms with Crippen LogP contribution in [0.2, 0.25) is 0 Å². The van der Waals surface area contributed by atoms with Gasteiger partial charge < -0.3 is 19.9 Å². The Hall–Kier alpha value is -2.81. The number of aromatic nitrogens is 2. The molecule has 2 aromatic rings. The summed E-state index contributed by atoms with van der Waals surface area (Å²) in [5, 5.41) is 2.96. The first-order valence-corrected chi connectivity index (χ1v) is 11.7. The summed E-state index contributed by atoms with van der Waals surface area (Å²) in [5.74, 6) is 3.76. The normalized spacial score (nSPS) is 17.3. The Morgan fingerprint density at radius 1 is 1.00 bits per heavy atom. The van der Waals surface area contributed by atoms with Crippen molar-refractivity contribution in [1.29, 1.82) is 0 Å². The number of thioether (sulfide) groups is 1. The van der Waals surface area contributed by atoms with Crippen molar-refractivity contribution in [1.82, 2.24) is 9.97 Å². The number of carbonyl (C=O) groups is 2. The van der Waals surface area contributed by atoms with Crippen LogP contribution in [0.25, 0.3) is 0 Å². The molecule has 2 fully saturated rings. The number of hydrogen-bond donors (Lipinski definition) is 1. The molecule has 0 aliphatic carbocycles. The number of benzene rings is 1. The molecular formula is C22H27N5O3S. The highest BCUT2D eigenvalue weighted by Crippen LogP contribution is 2.26. The summed E-state index contributed by atoms with van der Waals surface area (Å²) in [6.45, 7) is 3.60. The van der Waals surface area contributed by atoms with Gasteiger partial charge in [0.1, 0.15) is 18.0 Å². The summed E-state index contributed by atoms with van der Waals surface area (Å²) >= 11 is 1.98. The molecule has 0 atom stereocenters. The molecule has 2 aliphatic heterocycles. The molecule has 8 nitrogen and oxygen atoms in total. The second-order valence-electron chi connectivity index (χ2n) is 7.65. The third kappa shape index (κ3) is 5.28. The van der Waals surface area contributed by atoms with E-state index in [-0.39, 0.29) is 11.8 Å². The van der Waals surface area contributed by atoms with E-state index in [1.807, 2.05) is 11.8 Å². The van der Waals surface area contributed by atoms with E-state index in [0.29, 0.717) is 11.3 Å². The Morgan fingerprint density at radius 3 is 2.23 bits per heavy atom. The zero-order valence-electron chi connectivity index (χ0n) is 17.6. The Labute approximate surface area is 186 Å². The van der Waals surface area contributed by atoms with E-state index in [2.05, 4.69) is 31.2 Å². The van der Waals surface area contributed by atoms with Crippen molar-refractivity contribution in [3.05, 3.63) is 42.2 Å². The molecule has 0 unspecified atom stereocenters. The lowest BCUT2D eigenvalue weighted by Crippen LogP contribution is -2.39. The topological polar surface area (TPSA) is 87.7 Å². The highest BCUT2D eigenvalue weighted by atomic mass is 32.2. The van der Waals surface area contributed by atoms with Gasteiger partial charge >= 0.3 is 5.97 Å². The highest BCUT2D eigenvalue weighted by molar-refractivity contribution is 7.99. The predicted octanol–water partition coefficient (Wildman–Crippen LogP) is 2.67. The SMILES string of the molecule is COC(=O)c1ccc(NC(=O)C2CCN(c3cc(N4CCSCC4)ncn3)CC2)cc1. The van der Waals surface area contributed by atoms with Crippen LogP contribution in [0.1, 0.15) is 23.2 Å². The van der Waals surface area contributed by atoms with Crippen molar-refractivity contribution < 1.29 is 14.3 Å².